The highest BCUT2D eigenvalue weighted by Crippen LogP contribution is 2.37. The van der Waals surface area contributed by atoms with Gasteiger partial charge < -0.3 is 9.32 Å². The molecule has 8 nitrogen and oxygen atoms in total. The molecule has 0 saturated carbocycles. The molecule has 0 unspecified atom stereocenters. The molecule has 0 atom stereocenters. The molecule has 0 amide bonds. The number of nitro benzene ring substituents is 1. The highest BCUT2D eigenvalue weighted by molar-refractivity contribution is 7.91. The number of aromatic nitrogens is 1. The van der Waals surface area contributed by atoms with Gasteiger partial charge in [-0.3, -0.25) is 10.1 Å². The first-order chi connectivity index (χ1) is 14.8. The second-order valence-corrected chi connectivity index (χ2v) is 9.43. The van der Waals surface area contributed by atoms with Gasteiger partial charge in [-0.1, -0.05) is 13.0 Å². The molecule has 1 aliphatic rings. The SMILES string of the molecule is CC1CCN(c2oc(-c3cccc([N+](=O)[O-])c3)nc2S(=O)(=O)c2ccc(F)cc2)CC1. The zero-order valence-corrected chi connectivity index (χ0v) is 17.5. The van der Waals surface area contributed by atoms with Crippen molar-refractivity contribution in [2.45, 2.75) is 29.7 Å². The van der Waals surface area contributed by atoms with E-state index in [9.17, 15) is 22.9 Å². The maximum atomic E-state index is 13.3. The standard InChI is InChI=1S/C21H20FN3O5S/c1-14-9-11-24(12-10-14)21-20(31(28,29)18-7-5-16(22)6-8-18)23-19(30-21)15-3-2-4-17(13-15)25(26)27/h2-8,13-14H,9-12H2,1H3. The number of non-ortho nitro benzene ring substituents is 1. The average molecular weight is 445 g/mol. The van der Waals surface area contributed by atoms with Gasteiger partial charge in [0.05, 0.1) is 9.82 Å². The summed E-state index contributed by atoms with van der Waals surface area (Å²) in [5.74, 6) is 0.0185. The number of piperidine rings is 1. The molecular weight excluding hydrogens is 425 g/mol. The fourth-order valence-electron chi connectivity index (χ4n) is 3.49. The molecule has 162 valence electrons. The van der Waals surface area contributed by atoms with Gasteiger partial charge in [0, 0.05) is 30.8 Å². The molecular formula is C21H20FN3O5S. The van der Waals surface area contributed by atoms with Crippen molar-refractivity contribution in [2.75, 3.05) is 18.0 Å². The number of sulfone groups is 1. The summed E-state index contributed by atoms with van der Waals surface area (Å²) >= 11 is 0. The normalized spacial score (nSPS) is 15.2. The molecule has 0 aliphatic carbocycles. The van der Waals surface area contributed by atoms with Crippen LogP contribution in [0.4, 0.5) is 16.0 Å². The third-order valence-electron chi connectivity index (χ3n) is 5.33. The van der Waals surface area contributed by atoms with Gasteiger partial charge >= 0.3 is 0 Å². The van der Waals surface area contributed by atoms with Crippen molar-refractivity contribution >= 4 is 21.4 Å². The summed E-state index contributed by atoms with van der Waals surface area (Å²) in [4.78, 5) is 16.5. The molecule has 0 N–H and O–H groups in total. The summed E-state index contributed by atoms with van der Waals surface area (Å²) in [7, 11) is -4.11. The second-order valence-electron chi connectivity index (χ2n) is 7.56. The van der Waals surface area contributed by atoms with Crippen LogP contribution in [0, 0.1) is 21.8 Å². The Kier molecular flexibility index (Phi) is 5.48. The van der Waals surface area contributed by atoms with Crippen LogP contribution in [0.5, 0.6) is 0 Å². The predicted molar refractivity (Wildman–Crippen MR) is 111 cm³/mol. The third-order valence-corrected chi connectivity index (χ3v) is 7.00. The van der Waals surface area contributed by atoms with Crippen LogP contribution >= 0.6 is 0 Å². The van der Waals surface area contributed by atoms with E-state index in [-0.39, 0.29) is 27.4 Å². The topological polar surface area (TPSA) is 107 Å². The van der Waals surface area contributed by atoms with E-state index in [1.54, 1.807) is 6.07 Å². The summed E-state index contributed by atoms with van der Waals surface area (Å²) in [6.45, 7) is 3.32. The van der Waals surface area contributed by atoms with Gasteiger partial charge in [0.1, 0.15) is 5.82 Å². The lowest BCUT2D eigenvalue weighted by atomic mass is 9.99. The second kappa shape index (κ2) is 8.10. The maximum Gasteiger partial charge on any atom is 0.270 e. The Morgan fingerprint density at radius 2 is 1.84 bits per heavy atom. The smallest absolute Gasteiger partial charge is 0.270 e. The number of anilines is 1. The van der Waals surface area contributed by atoms with E-state index in [2.05, 4.69) is 11.9 Å². The average Bonchev–Trinajstić information content (AvgIpc) is 3.21. The Morgan fingerprint density at radius 3 is 2.48 bits per heavy atom. The van der Waals surface area contributed by atoms with Crippen LogP contribution < -0.4 is 4.90 Å². The number of nitrogens with zero attached hydrogens (tertiary/aromatic N) is 3. The minimum atomic E-state index is -4.11. The van der Waals surface area contributed by atoms with E-state index >= 15 is 0 Å². The number of hydrogen-bond donors (Lipinski definition) is 0. The first-order valence-corrected chi connectivity index (χ1v) is 11.3. The van der Waals surface area contributed by atoms with Crippen LogP contribution in [0.1, 0.15) is 19.8 Å². The molecule has 4 rings (SSSR count). The minimum absolute atomic E-state index is 0.0296. The Bertz CT molecular complexity index is 1220. The Labute approximate surface area is 178 Å². The highest BCUT2D eigenvalue weighted by Gasteiger charge is 2.33. The lowest BCUT2D eigenvalue weighted by Gasteiger charge is -2.30. The summed E-state index contributed by atoms with van der Waals surface area (Å²) in [5, 5.41) is 10.8. The fraction of sp³-hybridized carbons (Fsp3) is 0.286. The van der Waals surface area contributed by atoms with Gasteiger partial charge in [-0.15, -0.1) is 0 Å². The lowest BCUT2D eigenvalue weighted by Crippen LogP contribution is -2.33. The Morgan fingerprint density at radius 1 is 1.16 bits per heavy atom. The monoisotopic (exact) mass is 445 g/mol. The van der Waals surface area contributed by atoms with E-state index in [0.29, 0.717) is 24.6 Å². The maximum absolute atomic E-state index is 13.3. The van der Waals surface area contributed by atoms with Crippen molar-refractivity contribution < 1.29 is 22.1 Å². The molecule has 2 aromatic carbocycles. The molecule has 0 spiro atoms. The van der Waals surface area contributed by atoms with E-state index in [1.165, 1.54) is 30.3 Å². The van der Waals surface area contributed by atoms with E-state index in [1.807, 2.05) is 4.90 Å². The number of benzene rings is 2. The molecule has 0 radical (unpaired) electrons. The van der Waals surface area contributed by atoms with Gasteiger partial charge in [0.25, 0.3) is 5.69 Å². The summed E-state index contributed by atoms with van der Waals surface area (Å²) < 4.78 is 45.8. The number of halogens is 1. The first kappa shape index (κ1) is 21.0. The van der Waals surface area contributed by atoms with E-state index in [0.717, 1.165) is 25.0 Å². The summed E-state index contributed by atoms with van der Waals surface area (Å²) in [5.41, 5.74) is 0.133. The number of rotatable bonds is 5. The van der Waals surface area contributed by atoms with Crippen molar-refractivity contribution in [3.63, 3.8) is 0 Å². The van der Waals surface area contributed by atoms with Gasteiger partial charge in [-0.25, -0.2) is 12.8 Å². The molecule has 1 fully saturated rings. The zero-order chi connectivity index (χ0) is 22.2. The minimum Gasteiger partial charge on any atom is -0.419 e. The Hall–Kier alpha value is -3.27. The van der Waals surface area contributed by atoms with Crippen LogP contribution in [0.15, 0.2) is 62.9 Å². The largest absolute Gasteiger partial charge is 0.419 e. The van der Waals surface area contributed by atoms with Crippen molar-refractivity contribution in [1.29, 1.82) is 0 Å². The molecule has 10 heteroatoms. The number of nitro groups is 1. The molecule has 1 saturated heterocycles. The van der Waals surface area contributed by atoms with Crippen LogP contribution in [0.2, 0.25) is 0 Å². The summed E-state index contributed by atoms with van der Waals surface area (Å²) in [6.07, 6.45) is 1.73. The van der Waals surface area contributed by atoms with E-state index < -0.39 is 20.6 Å². The van der Waals surface area contributed by atoms with Gasteiger partial charge in [-0.2, -0.15) is 4.98 Å². The van der Waals surface area contributed by atoms with Crippen molar-refractivity contribution in [1.82, 2.24) is 4.98 Å². The van der Waals surface area contributed by atoms with Crippen molar-refractivity contribution in [2.24, 2.45) is 5.92 Å². The number of oxazole rings is 1. The van der Waals surface area contributed by atoms with Crippen molar-refractivity contribution in [3.05, 3.63) is 64.5 Å². The quantitative estimate of drug-likeness (QED) is 0.324. The van der Waals surface area contributed by atoms with E-state index in [4.69, 9.17) is 4.42 Å². The zero-order valence-electron chi connectivity index (χ0n) is 16.7. The fourth-order valence-corrected chi connectivity index (χ4v) is 4.81. The van der Waals surface area contributed by atoms with Gasteiger partial charge in [-0.05, 0) is 49.1 Å². The summed E-state index contributed by atoms with van der Waals surface area (Å²) in [6, 6.07) is 10.1. The molecule has 31 heavy (non-hydrogen) atoms. The molecule has 1 aliphatic heterocycles. The molecule has 2 heterocycles. The predicted octanol–water partition coefficient (Wildman–Crippen LogP) is 4.46. The highest BCUT2D eigenvalue weighted by atomic mass is 32.2. The van der Waals surface area contributed by atoms with Crippen LogP contribution in [0.3, 0.4) is 0 Å². The van der Waals surface area contributed by atoms with Gasteiger partial charge in [0.2, 0.25) is 26.6 Å². The van der Waals surface area contributed by atoms with Crippen LogP contribution in [0.25, 0.3) is 11.5 Å². The number of hydrogen-bond acceptors (Lipinski definition) is 7. The molecule has 0 bridgehead atoms. The molecule has 3 aromatic rings. The lowest BCUT2D eigenvalue weighted by molar-refractivity contribution is -0.384. The van der Waals surface area contributed by atoms with Crippen LogP contribution in [-0.4, -0.2) is 31.4 Å². The molecule has 1 aromatic heterocycles. The van der Waals surface area contributed by atoms with Gasteiger partial charge in [0.15, 0.2) is 0 Å². The van der Waals surface area contributed by atoms with Crippen molar-refractivity contribution in [3.8, 4) is 11.5 Å². The first-order valence-electron chi connectivity index (χ1n) is 9.77. The van der Waals surface area contributed by atoms with Crippen LogP contribution in [-0.2, 0) is 9.84 Å². The Balaban J connectivity index is 1.84. The third kappa shape index (κ3) is 4.15.